The summed E-state index contributed by atoms with van der Waals surface area (Å²) < 4.78 is 19.2. The van der Waals surface area contributed by atoms with E-state index in [1.807, 2.05) is 20.8 Å². The number of nitrogens with zero attached hydrogens (tertiary/aromatic N) is 2. The molecular formula is C19H30FIN4O2. The Hall–Kier alpha value is -1.42. The third-order valence-corrected chi connectivity index (χ3v) is 4.10. The first-order valence-electron chi connectivity index (χ1n) is 9.05. The molecule has 1 aliphatic heterocycles. The van der Waals surface area contributed by atoms with Gasteiger partial charge in [-0.15, -0.1) is 24.0 Å². The molecular weight excluding hydrogens is 462 g/mol. The van der Waals surface area contributed by atoms with Crippen molar-refractivity contribution in [3.05, 3.63) is 35.6 Å². The number of ether oxygens (including phenoxy) is 1. The zero-order valence-electron chi connectivity index (χ0n) is 16.4. The summed E-state index contributed by atoms with van der Waals surface area (Å²) in [7, 11) is 1.73. The average Bonchev–Trinajstić information content (AvgIpc) is 2.58. The van der Waals surface area contributed by atoms with Crippen LogP contribution in [-0.4, -0.2) is 55.6 Å². The predicted molar refractivity (Wildman–Crippen MR) is 116 cm³/mol. The molecule has 8 heteroatoms. The molecule has 27 heavy (non-hydrogen) atoms. The van der Waals surface area contributed by atoms with E-state index in [4.69, 9.17) is 4.74 Å². The summed E-state index contributed by atoms with van der Waals surface area (Å²) in [6.07, 6.45) is 0.252. The summed E-state index contributed by atoms with van der Waals surface area (Å²) in [5.41, 5.74) is 0.940. The molecule has 2 N–H and O–H groups in total. The second-order valence-corrected chi connectivity index (χ2v) is 6.84. The van der Waals surface area contributed by atoms with Gasteiger partial charge in [-0.25, -0.2) is 4.39 Å². The molecule has 0 radical (unpaired) electrons. The van der Waals surface area contributed by atoms with Crippen LogP contribution in [0.2, 0.25) is 0 Å². The molecule has 152 valence electrons. The minimum absolute atomic E-state index is 0. The van der Waals surface area contributed by atoms with Crippen molar-refractivity contribution < 1.29 is 13.9 Å². The third kappa shape index (κ3) is 7.61. The van der Waals surface area contributed by atoms with Crippen LogP contribution in [-0.2, 0) is 9.53 Å². The summed E-state index contributed by atoms with van der Waals surface area (Å²) in [4.78, 5) is 18.2. The van der Waals surface area contributed by atoms with Crippen LogP contribution in [0.4, 0.5) is 4.39 Å². The third-order valence-electron chi connectivity index (χ3n) is 4.10. The lowest BCUT2D eigenvalue weighted by atomic mass is 10.1. The number of morpholine rings is 1. The van der Waals surface area contributed by atoms with Crippen LogP contribution >= 0.6 is 24.0 Å². The van der Waals surface area contributed by atoms with Gasteiger partial charge < -0.3 is 20.3 Å². The number of hydrogen-bond acceptors (Lipinski definition) is 3. The number of amides is 1. The monoisotopic (exact) mass is 492 g/mol. The molecule has 0 aliphatic carbocycles. The van der Waals surface area contributed by atoms with Crippen LogP contribution < -0.4 is 10.6 Å². The zero-order chi connectivity index (χ0) is 19.1. The van der Waals surface area contributed by atoms with Gasteiger partial charge in [0, 0.05) is 32.6 Å². The first-order chi connectivity index (χ1) is 12.4. The molecule has 1 fully saturated rings. The number of hydrogen-bond donors (Lipinski definition) is 2. The van der Waals surface area contributed by atoms with Crippen LogP contribution in [0.25, 0.3) is 0 Å². The maximum atomic E-state index is 13.2. The highest BCUT2D eigenvalue weighted by atomic mass is 127. The van der Waals surface area contributed by atoms with Gasteiger partial charge in [0.1, 0.15) is 11.9 Å². The van der Waals surface area contributed by atoms with E-state index < -0.39 is 0 Å². The van der Waals surface area contributed by atoms with Crippen molar-refractivity contribution in [1.29, 1.82) is 0 Å². The maximum Gasteiger partial charge on any atom is 0.221 e. The summed E-state index contributed by atoms with van der Waals surface area (Å²) >= 11 is 0. The van der Waals surface area contributed by atoms with E-state index in [1.165, 1.54) is 12.1 Å². The van der Waals surface area contributed by atoms with E-state index in [0.29, 0.717) is 26.1 Å². The quantitative estimate of drug-likeness (QED) is 0.377. The van der Waals surface area contributed by atoms with E-state index >= 15 is 0 Å². The number of halogens is 2. The standard InChI is InChI=1S/C19H29FN4O2.HI/c1-13(2)23-18(25)9-10-22-19(21-4)24-11-14(3)26-17(12-24)15-5-7-16(20)8-6-15;/h5-8,13-14,17H,9-12H2,1-4H3,(H,21,22)(H,23,25);1H. The Morgan fingerprint density at radius 1 is 1.33 bits per heavy atom. The van der Waals surface area contributed by atoms with Crippen LogP contribution in [0.5, 0.6) is 0 Å². The lowest BCUT2D eigenvalue weighted by Crippen LogP contribution is -2.51. The molecule has 1 saturated heterocycles. The number of benzene rings is 1. The van der Waals surface area contributed by atoms with Gasteiger partial charge >= 0.3 is 0 Å². The first kappa shape index (κ1) is 23.6. The minimum atomic E-state index is -0.258. The van der Waals surface area contributed by atoms with Crippen LogP contribution in [0.15, 0.2) is 29.3 Å². The first-order valence-corrected chi connectivity index (χ1v) is 9.05. The molecule has 0 spiro atoms. The Kier molecular flexibility index (Phi) is 10.00. The molecule has 1 heterocycles. The van der Waals surface area contributed by atoms with Gasteiger partial charge in [0.25, 0.3) is 0 Å². The van der Waals surface area contributed by atoms with Crippen molar-refractivity contribution in [3.63, 3.8) is 0 Å². The Morgan fingerprint density at radius 2 is 2.00 bits per heavy atom. The van der Waals surface area contributed by atoms with Crippen molar-refractivity contribution >= 4 is 35.8 Å². The van der Waals surface area contributed by atoms with E-state index in [9.17, 15) is 9.18 Å². The van der Waals surface area contributed by atoms with Gasteiger partial charge in [0.05, 0.1) is 12.6 Å². The topological polar surface area (TPSA) is 66.0 Å². The minimum Gasteiger partial charge on any atom is -0.367 e. The fraction of sp³-hybridized carbons (Fsp3) is 0.579. The van der Waals surface area contributed by atoms with Crippen LogP contribution in [0.1, 0.15) is 38.9 Å². The number of rotatable bonds is 5. The predicted octanol–water partition coefficient (Wildman–Crippen LogP) is 2.70. The number of carbonyl (C=O) groups excluding carboxylic acids is 1. The van der Waals surface area contributed by atoms with Crippen molar-refractivity contribution in [2.24, 2.45) is 4.99 Å². The van der Waals surface area contributed by atoms with Gasteiger partial charge in [0.15, 0.2) is 5.96 Å². The molecule has 1 amide bonds. The molecule has 0 aromatic heterocycles. The van der Waals surface area contributed by atoms with E-state index in [2.05, 4.69) is 20.5 Å². The van der Waals surface area contributed by atoms with Crippen molar-refractivity contribution in [2.75, 3.05) is 26.7 Å². The highest BCUT2D eigenvalue weighted by molar-refractivity contribution is 14.0. The van der Waals surface area contributed by atoms with Crippen molar-refractivity contribution in [2.45, 2.75) is 45.4 Å². The number of carbonyl (C=O) groups is 1. The van der Waals surface area contributed by atoms with Crippen LogP contribution in [0, 0.1) is 5.82 Å². The molecule has 1 aromatic rings. The summed E-state index contributed by atoms with van der Waals surface area (Å²) in [6, 6.07) is 6.54. The SMILES string of the molecule is CN=C(NCCC(=O)NC(C)C)N1CC(C)OC(c2ccc(F)cc2)C1.I. The lowest BCUT2D eigenvalue weighted by Gasteiger charge is -2.38. The van der Waals surface area contributed by atoms with Crippen molar-refractivity contribution in [1.82, 2.24) is 15.5 Å². The number of guanidine groups is 1. The maximum absolute atomic E-state index is 13.2. The number of nitrogens with one attached hydrogen (secondary N) is 2. The van der Waals surface area contributed by atoms with Gasteiger partial charge in [-0.1, -0.05) is 12.1 Å². The number of aliphatic imine (C=N–C) groups is 1. The molecule has 0 saturated carbocycles. The second kappa shape index (κ2) is 11.4. The lowest BCUT2D eigenvalue weighted by molar-refractivity contribution is -0.121. The van der Waals surface area contributed by atoms with E-state index in [0.717, 1.165) is 11.5 Å². The van der Waals surface area contributed by atoms with Crippen LogP contribution in [0.3, 0.4) is 0 Å². The molecule has 0 bridgehead atoms. The van der Waals surface area contributed by atoms with Gasteiger partial charge in [-0.2, -0.15) is 0 Å². The molecule has 2 unspecified atom stereocenters. The summed E-state index contributed by atoms with van der Waals surface area (Å²) in [5, 5.41) is 6.12. The Morgan fingerprint density at radius 3 is 2.59 bits per heavy atom. The summed E-state index contributed by atoms with van der Waals surface area (Å²) in [5.74, 6) is 0.499. The Balaban J connectivity index is 0.00000364. The molecule has 1 aromatic carbocycles. The van der Waals surface area contributed by atoms with E-state index in [1.54, 1.807) is 19.2 Å². The normalized spacial score (nSPS) is 20.2. The molecule has 2 rings (SSSR count). The van der Waals surface area contributed by atoms with Gasteiger partial charge in [-0.05, 0) is 38.5 Å². The second-order valence-electron chi connectivity index (χ2n) is 6.84. The molecule has 1 aliphatic rings. The summed E-state index contributed by atoms with van der Waals surface area (Å²) in [6.45, 7) is 7.72. The molecule has 2 atom stereocenters. The fourth-order valence-electron chi connectivity index (χ4n) is 3.00. The smallest absolute Gasteiger partial charge is 0.221 e. The average molecular weight is 492 g/mol. The zero-order valence-corrected chi connectivity index (χ0v) is 18.7. The van der Waals surface area contributed by atoms with Gasteiger partial charge in [0.2, 0.25) is 5.91 Å². The largest absolute Gasteiger partial charge is 0.367 e. The van der Waals surface area contributed by atoms with Crippen molar-refractivity contribution in [3.8, 4) is 0 Å². The fourth-order valence-corrected chi connectivity index (χ4v) is 3.00. The Labute approximate surface area is 178 Å². The molecule has 6 nitrogen and oxygen atoms in total. The highest BCUT2D eigenvalue weighted by Crippen LogP contribution is 2.25. The van der Waals surface area contributed by atoms with E-state index in [-0.39, 0.29) is 54.0 Å². The van der Waals surface area contributed by atoms with Gasteiger partial charge in [-0.3, -0.25) is 9.79 Å². The highest BCUT2D eigenvalue weighted by Gasteiger charge is 2.28. The Bertz CT molecular complexity index is 625.